The zero-order chi connectivity index (χ0) is 11.3. The molecule has 0 aromatic heterocycles. The standard InChI is InChI=1S/C9H12N2O3S/c1-3-14-8(13)6-5-10-9(15-4-2)11-7(6)12/h5-6H,3-4H2,1-2H3. The molecule has 0 radical (unpaired) electrons. The van der Waals surface area contributed by atoms with E-state index in [1.54, 1.807) is 6.92 Å². The van der Waals surface area contributed by atoms with Crippen LogP contribution >= 0.6 is 11.8 Å². The molecular weight excluding hydrogens is 216 g/mol. The normalized spacial score (nSPS) is 20.0. The summed E-state index contributed by atoms with van der Waals surface area (Å²) in [6, 6.07) is 0. The third-order valence-corrected chi connectivity index (χ3v) is 2.36. The summed E-state index contributed by atoms with van der Waals surface area (Å²) < 4.78 is 4.72. The molecule has 1 aliphatic heterocycles. The third-order valence-electron chi connectivity index (χ3n) is 1.62. The molecule has 0 aromatic carbocycles. The molecule has 1 unspecified atom stereocenters. The second kappa shape index (κ2) is 5.65. The van der Waals surface area contributed by atoms with Crippen molar-refractivity contribution >= 4 is 35.0 Å². The first kappa shape index (κ1) is 11.9. The second-order valence-electron chi connectivity index (χ2n) is 2.67. The lowest BCUT2D eigenvalue weighted by Gasteiger charge is -2.11. The van der Waals surface area contributed by atoms with Crippen molar-refractivity contribution in [3.05, 3.63) is 0 Å². The number of rotatable bonds is 3. The fourth-order valence-corrected chi connectivity index (χ4v) is 1.54. The lowest BCUT2D eigenvalue weighted by Crippen LogP contribution is -2.29. The van der Waals surface area contributed by atoms with E-state index in [0.29, 0.717) is 5.17 Å². The number of ether oxygens (including phenoxy) is 1. The Bertz CT molecular complexity index is 325. The van der Waals surface area contributed by atoms with Crippen LogP contribution in [-0.2, 0) is 14.3 Å². The van der Waals surface area contributed by atoms with E-state index in [0.717, 1.165) is 5.75 Å². The Kier molecular flexibility index (Phi) is 4.48. The predicted octanol–water partition coefficient (Wildman–Crippen LogP) is 0.886. The Labute approximate surface area is 92.0 Å². The van der Waals surface area contributed by atoms with E-state index in [4.69, 9.17) is 4.74 Å². The summed E-state index contributed by atoms with van der Waals surface area (Å²) in [4.78, 5) is 30.3. The Morgan fingerprint density at radius 2 is 2.33 bits per heavy atom. The van der Waals surface area contributed by atoms with Crippen molar-refractivity contribution in [1.29, 1.82) is 0 Å². The average Bonchev–Trinajstić information content (AvgIpc) is 2.18. The summed E-state index contributed by atoms with van der Waals surface area (Å²) in [5.74, 6) is -1.27. The first-order valence-electron chi connectivity index (χ1n) is 4.65. The number of aliphatic imine (C=N–C) groups is 2. The number of hydrogen-bond acceptors (Lipinski definition) is 5. The van der Waals surface area contributed by atoms with Crippen molar-refractivity contribution in [3.8, 4) is 0 Å². The Hall–Kier alpha value is -1.17. The number of amides is 1. The number of hydrogen-bond donors (Lipinski definition) is 0. The van der Waals surface area contributed by atoms with Gasteiger partial charge in [-0.05, 0) is 12.7 Å². The Morgan fingerprint density at radius 1 is 1.60 bits per heavy atom. The molecule has 15 heavy (non-hydrogen) atoms. The Balaban J connectivity index is 2.65. The summed E-state index contributed by atoms with van der Waals surface area (Å²) in [5, 5.41) is 0.406. The SMILES string of the molecule is CCOC(=O)C1C=NC(SCC)=NC1=O. The van der Waals surface area contributed by atoms with Gasteiger partial charge in [-0.15, -0.1) is 0 Å². The van der Waals surface area contributed by atoms with Crippen LogP contribution in [-0.4, -0.2) is 35.6 Å². The maximum absolute atomic E-state index is 11.4. The highest BCUT2D eigenvalue weighted by Gasteiger charge is 2.29. The largest absolute Gasteiger partial charge is 0.465 e. The fraction of sp³-hybridized carbons (Fsp3) is 0.556. The van der Waals surface area contributed by atoms with Gasteiger partial charge in [0.15, 0.2) is 11.1 Å². The van der Waals surface area contributed by atoms with Crippen LogP contribution in [0.1, 0.15) is 13.8 Å². The molecule has 1 atom stereocenters. The molecule has 0 saturated carbocycles. The lowest BCUT2D eigenvalue weighted by molar-refractivity contribution is -0.148. The van der Waals surface area contributed by atoms with E-state index in [2.05, 4.69) is 9.98 Å². The van der Waals surface area contributed by atoms with Crippen molar-refractivity contribution < 1.29 is 14.3 Å². The molecule has 0 aromatic rings. The quantitative estimate of drug-likeness (QED) is 0.531. The molecule has 0 aliphatic carbocycles. The molecule has 0 bridgehead atoms. The van der Waals surface area contributed by atoms with E-state index in [9.17, 15) is 9.59 Å². The number of nitrogens with zero attached hydrogens (tertiary/aromatic N) is 2. The van der Waals surface area contributed by atoms with Gasteiger partial charge in [0.2, 0.25) is 0 Å². The molecular formula is C9H12N2O3S. The van der Waals surface area contributed by atoms with Crippen LogP contribution in [0.3, 0.4) is 0 Å². The van der Waals surface area contributed by atoms with Crippen LogP contribution in [0.2, 0.25) is 0 Å². The van der Waals surface area contributed by atoms with Crippen LogP contribution in [0.15, 0.2) is 9.98 Å². The number of carbonyl (C=O) groups is 2. The molecule has 0 N–H and O–H groups in total. The van der Waals surface area contributed by atoms with Crippen molar-refractivity contribution in [2.45, 2.75) is 13.8 Å². The molecule has 0 saturated heterocycles. The minimum atomic E-state index is -0.967. The van der Waals surface area contributed by atoms with Gasteiger partial charge in [-0.2, -0.15) is 4.99 Å². The number of amidine groups is 1. The second-order valence-corrected chi connectivity index (χ2v) is 3.90. The summed E-state index contributed by atoms with van der Waals surface area (Å²) >= 11 is 1.36. The monoisotopic (exact) mass is 228 g/mol. The maximum Gasteiger partial charge on any atom is 0.324 e. The Morgan fingerprint density at radius 3 is 2.87 bits per heavy atom. The predicted molar refractivity (Wildman–Crippen MR) is 59.2 cm³/mol. The highest BCUT2D eigenvalue weighted by Crippen LogP contribution is 2.12. The maximum atomic E-state index is 11.4. The van der Waals surface area contributed by atoms with Gasteiger partial charge in [0.05, 0.1) is 6.61 Å². The van der Waals surface area contributed by atoms with Crippen LogP contribution < -0.4 is 0 Å². The van der Waals surface area contributed by atoms with Crippen LogP contribution in [0.5, 0.6) is 0 Å². The molecule has 0 fully saturated rings. The zero-order valence-electron chi connectivity index (χ0n) is 8.60. The molecule has 0 spiro atoms. The van der Waals surface area contributed by atoms with Gasteiger partial charge in [-0.25, -0.2) is 4.99 Å². The van der Waals surface area contributed by atoms with Crippen molar-refractivity contribution in [2.24, 2.45) is 15.9 Å². The molecule has 6 heteroatoms. The lowest BCUT2D eigenvalue weighted by atomic mass is 10.1. The molecule has 1 rings (SSSR count). The van der Waals surface area contributed by atoms with E-state index >= 15 is 0 Å². The topological polar surface area (TPSA) is 68.1 Å². The van der Waals surface area contributed by atoms with E-state index in [-0.39, 0.29) is 6.61 Å². The van der Waals surface area contributed by atoms with Gasteiger partial charge in [-0.3, -0.25) is 9.59 Å². The molecule has 5 nitrogen and oxygen atoms in total. The fourth-order valence-electron chi connectivity index (χ4n) is 0.987. The van der Waals surface area contributed by atoms with E-state index in [1.165, 1.54) is 18.0 Å². The van der Waals surface area contributed by atoms with Crippen molar-refractivity contribution in [1.82, 2.24) is 0 Å². The minimum Gasteiger partial charge on any atom is -0.465 e. The zero-order valence-corrected chi connectivity index (χ0v) is 9.41. The number of esters is 1. The third kappa shape index (κ3) is 3.16. The average molecular weight is 228 g/mol. The van der Waals surface area contributed by atoms with Gasteiger partial charge in [0.25, 0.3) is 5.91 Å². The first-order chi connectivity index (χ1) is 7.19. The van der Waals surface area contributed by atoms with Gasteiger partial charge < -0.3 is 4.74 Å². The van der Waals surface area contributed by atoms with E-state index in [1.807, 2.05) is 6.92 Å². The van der Waals surface area contributed by atoms with E-state index < -0.39 is 17.8 Å². The summed E-state index contributed by atoms with van der Waals surface area (Å²) in [5.41, 5.74) is 0. The summed E-state index contributed by atoms with van der Waals surface area (Å²) in [6.45, 7) is 3.87. The molecule has 1 heterocycles. The van der Waals surface area contributed by atoms with Gasteiger partial charge >= 0.3 is 5.97 Å². The van der Waals surface area contributed by atoms with Crippen molar-refractivity contribution in [2.75, 3.05) is 12.4 Å². The van der Waals surface area contributed by atoms with Gasteiger partial charge in [0, 0.05) is 6.21 Å². The molecule has 82 valence electrons. The minimum absolute atomic E-state index is 0.247. The highest BCUT2D eigenvalue weighted by atomic mass is 32.2. The molecule has 1 amide bonds. The summed E-state index contributed by atoms with van der Waals surface area (Å²) in [7, 11) is 0. The highest BCUT2D eigenvalue weighted by molar-refractivity contribution is 8.13. The molecule has 1 aliphatic rings. The smallest absolute Gasteiger partial charge is 0.324 e. The van der Waals surface area contributed by atoms with Crippen molar-refractivity contribution in [3.63, 3.8) is 0 Å². The van der Waals surface area contributed by atoms with Gasteiger partial charge in [0.1, 0.15) is 0 Å². The summed E-state index contributed by atoms with van der Waals surface area (Å²) in [6.07, 6.45) is 1.30. The van der Waals surface area contributed by atoms with Crippen LogP contribution in [0, 0.1) is 5.92 Å². The van der Waals surface area contributed by atoms with Crippen LogP contribution in [0.25, 0.3) is 0 Å². The van der Waals surface area contributed by atoms with Crippen LogP contribution in [0.4, 0.5) is 0 Å². The first-order valence-corrected chi connectivity index (χ1v) is 5.63. The number of thioether (sulfide) groups is 1. The number of carbonyl (C=O) groups excluding carboxylic acids is 2. The van der Waals surface area contributed by atoms with Gasteiger partial charge in [-0.1, -0.05) is 18.7 Å².